The van der Waals surface area contributed by atoms with E-state index in [1.54, 1.807) is 0 Å². The second-order valence-corrected chi connectivity index (χ2v) is 5.06. The van der Waals surface area contributed by atoms with Gasteiger partial charge in [-0.15, -0.1) is 24.0 Å². The number of halogens is 1. The molecule has 2 aliphatic heterocycles. The fourth-order valence-corrected chi connectivity index (χ4v) is 2.58. The van der Waals surface area contributed by atoms with E-state index in [0.29, 0.717) is 6.10 Å². The number of aliphatic imine (C=N–C) groups is 1. The number of nitrogens with zero attached hydrogens (tertiary/aromatic N) is 2. The van der Waals surface area contributed by atoms with Crippen LogP contribution in [0.4, 0.5) is 0 Å². The molecular weight excluding hydrogens is 341 g/mol. The highest BCUT2D eigenvalue weighted by Gasteiger charge is 2.14. The summed E-state index contributed by atoms with van der Waals surface area (Å²) >= 11 is 0. The SMILES string of the molecule is I.NC(=NCCC1CCCCO1)N1CCCCC1. The Kier molecular flexibility index (Phi) is 7.97. The van der Waals surface area contributed by atoms with Crippen molar-refractivity contribution in [3.8, 4) is 0 Å². The molecule has 0 aromatic heterocycles. The summed E-state index contributed by atoms with van der Waals surface area (Å²) in [6.45, 7) is 3.90. The Balaban J connectivity index is 0.00000162. The average molecular weight is 367 g/mol. The van der Waals surface area contributed by atoms with E-state index in [4.69, 9.17) is 10.5 Å². The summed E-state index contributed by atoms with van der Waals surface area (Å²) < 4.78 is 5.68. The maximum atomic E-state index is 6.00. The van der Waals surface area contributed by atoms with E-state index in [9.17, 15) is 0 Å². The molecule has 5 heteroatoms. The number of rotatable bonds is 3. The lowest BCUT2D eigenvalue weighted by molar-refractivity contribution is 0.0129. The Hall–Kier alpha value is -0.0400. The number of likely N-dealkylation sites (tertiary alicyclic amines) is 1. The number of hydrogen-bond donors (Lipinski definition) is 1. The normalized spacial score (nSPS) is 25.7. The third kappa shape index (κ3) is 5.30. The smallest absolute Gasteiger partial charge is 0.191 e. The fourth-order valence-electron chi connectivity index (χ4n) is 2.58. The van der Waals surface area contributed by atoms with Crippen LogP contribution >= 0.6 is 24.0 Å². The van der Waals surface area contributed by atoms with Crippen molar-refractivity contribution >= 4 is 29.9 Å². The van der Waals surface area contributed by atoms with Crippen molar-refractivity contribution in [2.24, 2.45) is 10.7 Å². The van der Waals surface area contributed by atoms with Gasteiger partial charge in [-0.1, -0.05) is 0 Å². The van der Waals surface area contributed by atoms with Crippen LogP contribution in [0.15, 0.2) is 4.99 Å². The molecular formula is C13H26IN3O. The molecule has 0 amide bonds. The molecule has 0 aromatic carbocycles. The Morgan fingerprint density at radius 3 is 2.61 bits per heavy atom. The van der Waals surface area contributed by atoms with E-state index < -0.39 is 0 Å². The fraction of sp³-hybridized carbons (Fsp3) is 0.923. The Bertz CT molecular complexity index is 249. The summed E-state index contributed by atoms with van der Waals surface area (Å²) in [5.41, 5.74) is 6.00. The first kappa shape index (κ1) is 16.0. The Labute approximate surface area is 127 Å². The van der Waals surface area contributed by atoms with Crippen molar-refractivity contribution in [1.82, 2.24) is 4.90 Å². The van der Waals surface area contributed by atoms with Gasteiger partial charge < -0.3 is 15.4 Å². The summed E-state index contributed by atoms with van der Waals surface area (Å²) in [4.78, 5) is 6.70. The second-order valence-electron chi connectivity index (χ2n) is 5.06. The van der Waals surface area contributed by atoms with E-state index in [1.807, 2.05) is 0 Å². The van der Waals surface area contributed by atoms with Gasteiger partial charge in [0, 0.05) is 26.2 Å². The topological polar surface area (TPSA) is 50.9 Å². The predicted molar refractivity (Wildman–Crippen MR) is 85.5 cm³/mol. The number of hydrogen-bond acceptors (Lipinski definition) is 2. The Morgan fingerprint density at radius 2 is 1.94 bits per heavy atom. The maximum Gasteiger partial charge on any atom is 0.191 e. The van der Waals surface area contributed by atoms with E-state index in [-0.39, 0.29) is 24.0 Å². The highest BCUT2D eigenvalue weighted by Crippen LogP contribution is 2.15. The van der Waals surface area contributed by atoms with Gasteiger partial charge in [0.25, 0.3) is 0 Å². The molecule has 2 aliphatic rings. The zero-order chi connectivity index (χ0) is 11.9. The van der Waals surface area contributed by atoms with E-state index in [2.05, 4.69) is 9.89 Å². The van der Waals surface area contributed by atoms with Crippen LogP contribution in [0.1, 0.15) is 44.9 Å². The minimum absolute atomic E-state index is 0. The van der Waals surface area contributed by atoms with Crippen molar-refractivity contribution in [2.75, 3.05) is 26.2 Å². The van der Waals surface area contributed by atoms with Gasteiger partial charge >= 0.3 is 0 Å². The minimum Gasteiger partial charge on any atom is -0.378 e. The molecule has 2 saturated heterocycles. The zero-order valence-electron chi connectivity index (χ0n) is 11.1. The predicted octanol–water partition coefficient (Wildman–Crippen LogP) is 2.36. The molecule has 1 unspecified atom stereocenters. The summed E-state index contributed by atoms with van der Waals surface area (Å²) in [5, 5.41) is 0. The molecule has 0 aliphatic carbocycles. The zero-order valence-corrected chi connectivity index (χ0v) is 13.5. The highest BCUT2D eigenvalue weighted by molar-refractivity contribution is 14.0. The monoisotopic (exact) mass is 367 g/mol. The van der Waals surface area contributed by atoms with Gasteiger partial charge in [0.2, 0.25) is 0 Å². The second kappa shape index (κ2) is 8.96. The highest BCUT2D eigenvalue weighted by atomic mass is 127. The molecule has 18 heavy (non-hydrogen) atoms. The van der Waals surface area contributed by atoms with Crippen molar-refractivity contribution in [2.45, 2.75) is 51.0 Å². The first-order valence-corrected chi connectivity index (χ1v) is 7.03. The van der Waals surface area contributed by atoms with E-state index in [0.717, 1.165) is 38.6 Å². The molecule has 4 nitrogen and oxygen atoms in total. The van der Waals surface area contributed by atoms with Crippen molar-refractivity contribution in [1.29, 1.82) is 0 Å². The van der Waals surface area contributed by atoms with Crippen molar-refractivity contribution < 1.29 is 4.74 Å². The molecule has 0 saturated carbocycles. The molecule has 2 fully saturated rings. The third-order valence-electron chi connectivity index (χ3n) is 3.68. The summed E-state index contributed by atoms with van der Waals surface area (Å²) in [6.07, 6.45) is 8.99. The molecule has 0 spiro atoms. The van der Waals surface area contributed by atoms with Crippen LogP contribution in [0, 0.1) is 0 Å². The third-order valence-corrected chi connectivity index (χ3v) is 3.68. The van der Waals surface area contributed by atoms with Crippen LogP contribution in [0.5, 0.6) is 0 Å². The lowest BCUT2D eigenvalue weighted by Gasteiger charge is -2.27. The lowest BCUT2D eigenvalue weighted by Crippen LogP contribution is -2.41. The van der Waals surface area contributed by atoms with Gasteiger partial charge in [0.1, 0.15) is 0 Å². The largest absolute Gasteiger partial charge is 0.378 e. The molecule has 0 radical (unpaired) electrons. The van der Waals surface area contributed by atoms with Gasteiger partial charge in [0.05, 0.1) is 6.10 Å². The van der Waals surface area contributed by atoms with Gasteiger partial charge in [-0.2, -0.15) is 0 Å². The lowest BCUT2D eigenvalue weighted by atomic mass is 10.1. The first-order chi connectivity index (χ1) is 8.36. The number of guanidine groups is 1. The molecule has 106 valence electrons. The molecule has 0 bridgehead atoms. The summed E-state index contributed by atoms with van der Waals surface area (Å²) in [7, 11) is 0. The van der Waals surface area contributed by atoms with E-state index in [1.165, 1.54) is 38.5 Å². The van der Waals surface area contributed by atoms with Crippen LogP contribution in [-0.4, -0.2) is 43.2 Å². The van der Waals surface area contributed by atoms with Gasteiger partial charge in [-0.05, 0) is 44.9 Å². The van der Waals surface area contributed by atoms with Crippen LogP contribution in [0.3, 0.4) is 0 Å². The van der Waals surface area contributed by atoms with Crippen LogP contribution in [-0.2, 0) is 4.74 Å². The van der Waals surface area contributed by atoms with Crippen molar-refractivity contribution in [3.05, 3.63) is 0 Å². The van der Waals surface area contributed by atoms with Crippen LogP contribution in [0.25, 0.3) is 0 Å². The molecule has 2 rings (SSSR count). The molecule has 2 heterocycles. The quantitative estimate of drug-likeness (QED) is 0.473. The van der Waals surface area contributed by atoms with E-state index >= 15 is 0 Å². The number of ether oxygens (including phenoxy) is 1. The summed E-state index contributed by atoms with van der Waals surface area (Å²) in [5.74, 6) is 0.737. The first-order valence-electron chi connectivity index (χ1n) is 7.03. The molecule has 2 N–H and O–H groups in total. The molecule has 1 atom stereocenters. The standard InChI is InChI=1S/C13H25N3O.HI/c14-13(16-9-3-1-4-10-16)15-8-7-12-6-2-5-11-17-12;/h12H,1-11H2,(H2,14,15);1H. The molecule has 0 aromatic rings. The Morgan fingerprint density at radius 1 is 1.17 bits per heavy atom. The van der Waals surface area contributed by atoms with Crippen LogP contribution in [0.2, 0.25) is 0 Å². The maximum absolute atomic E-state index is 6.00. The van der Waals surface area contributed by atoms with Gasteiger partial charge in [-0.25, -0.2) is 0 Å². The van der Waals surface area contributed by atoms with Gasteiger partial charge in [-0.3, -0.25) is 4.99 Å². The minimum atomic E-state index is 0. The average Bonchev–Trinajstić information content (AvgIpc) is 2.41. The number of piperidine rings is 1. The summed E-state index contributed by atoms with van der Waals surface area (Å²) in [6, 6.07) is 0. The number of nitrogens with two attached hydrogens (primary N) is 1. The van der Waals surface area contributed by atoms with Gasteiger partial charge in [0.15, 0.2) is 5.96 Å². The van der Waals surface area contributed by atoms with Crippen molar-refractivity contribution in [3.63, 3.8) is 0 Å². The van der Waals surface area contributed by atoms with Crippen LogP contribution < -0.4 is 5.73 Å².